The number of aliphatic hydroxyl groups excluding tert-OH is 1. The van der Waals surface area contributed by atoms with Crippen molar-refractivity contribution in [2.75, 3.05) is 27.4 Å². The van der Waals surface area contributed by atoms with E-state index >= 15 is 0 Å². The molecule has 0 aromatic carbocycles. The van der Waals surface area contributed by atoms with Crippen LogP contribution in [0.15, 0.2) is 5.28 Å². The summed E-state index contributed by atoms with van der Waals surface area (Å²) in [6.45, 7) is 6.91. The average molecular weight is 248 g/mol. The Morgan fingerprint density at radius 1 is 1.24 bits per heavy atom. The van der Waals surface area contributed by atoms with Gasteiger partial charge in [0, 0.05) is 6.61 Å². The van der Waals surface area contributed by atoms with Crippen LogP contribution in [0.3, 0.4) is 0 Å². The second-order valence-electron chi connectivity index (χ2n) is 4.83. The van der Waals surface area contributed by atoms with Crippen molar-refractivity contribution in [3.8, 4) is 0 Å². The quantitative estimate of drug-likeness (QED) is 0.308. The number of hydrogen-bond acceptors (Lipinski definition) is 4. The zero-order valence-corrected chi connectivity index (χ0v) is 11.6. The number of rotatable bonds is 8. The summed E-state index contributed by atoms with van der Waals surface area (Å²) in [6.07, 6.45) is 2.62. The molecule has 0 rings (SSSR count). The molecule has 0 fully saturated rings. The number of aliphatic hydroxyl groups is 1. The highest BCUT2D eigenvalue weighted by molar-refractivity contribution is 4.64. The first-order chi connectivity index (χ1) is 7.93. The lowest BCUT2D eigenvalue weighted by molar-refractivity contribution is -0.947. The summed E-state index contributed by atoms with van der Waals surface area (Å²) in [5.74, 6) is 0. The monoisotopic (exact) mass is 248 g/mol. The molecule has 6 nitrogen and oxygen atoms in total. The third kappa shape index (κ3) is 6.99. The van der Waals surface area contributed by atoms with Crippen molar-refractivity contribution in [3.63, 3.8) is 0 Å². The molecule has 1 N–H and O–H groups in total. The molecule has 0 saturated heterocycles. The Labute approximate surface area is 104 Å². The number of nitrogens with zero attached hydrogens (tertiary/aromatic N) is 3. The van der Waals surface area contributed by atoms with E-state index in [1.165, 1.54) is 4.97 Å². The maximum absolute atomic E-state index is 8.61. The first-order valence-corrected chi connectivity index (χ1v) is 5.95. The van der Waals surface area contributed by atoms with Crippen LogP contribution in [0.1, 0.15) is 40.0 Å². The zero-order valence-electron chi connectivity index (χ0n) is 11.6. The molecule has 102 valence electrons. The molecular weight excluding hydrogens is 222 g/mol. The van der Waals surface area contributed by atoms with E-state index in [4.69, 9.17) is 14.8 Å². The van der Waals surface area contributed by atoms with Crippen molar-refractivity contribution in [3.05, 3.63) is 0 Å². The van der Waals surface area contributed by atoms with E-state index < -0.39 is 0 Å². The van der Waals surface area contributed by atoms with Gasteiger partial charge in [0.1, 0.15) is 6.61 Å². The summed E-state index contributed by atoms with van der Waals surface area (Å²) >= 11 is 0. The van der Waals surface area contributed by atoms with Crippen LogP contribution in [-0.4, -0.2) is 48.0 Å². The van der Waals surface area contributed by atoms with Gasteiger partial charge in [-0.2, -0.15) is 0 Å². The Morgan fingerprint density at radius 3 is 2.35 bits per heavy atom. The Morgan fingerprint density at radius 2 is 1.88 bits per heavy atom. The topological polar surface area (TPSA) is 57.3 Å². The highest BCUT2D eigenvalue weighted by Crippen LogP contribution is 2.11. The highest BCUT2D eigenvalue weighted by Gasteiger charge is 2.29. The Bertz CT molecular complexity index is 226. The van der Waals surface area contributed by atoms with Gasteiger partial charge in [0.15, 0.2) is 7.11 Å². The van der Waals surface area contributed by atoms with E-state index in [1.807, 2.05) is 12.1 Å². The van der Waals surface area contributed by atoms with E-state index in [2.05, 4.69) is 26.0 Å². The molecular formula is C11H26N3O3+. The van der Waals surface area contributed by atoms with E-state index in [1.54, 1.807) is 7.11 Å². The molecule has 0 heterocycles. The van der Waals surface area contributed by atoms with Crippen LogP contribution in [0.5, 0.6) is 0 Å². The minimum atomic E-state index is -0.0975. The molecule has 0 aliphatic rings. The summed E-state index contributed by atoms with van der Waals surface area (Å²) in [7, 11) is 3.42. The second-order valence-corrected chi connectivity index (χ2v) is 4.83. The minimum absolute atomic E-state index is 0.0975. The van der Waals surface area contributed by atoms with Crippen LogP contribution in [0, 0.1) is 0 Å². The molecule has 0 aliphatic heterocycles. The fourth-order valence-electron chi connectivity index (χ4n) is 1.01. The van der Waals surface area contributed by atoms with Crippen LogP contribution in [0.2, 0.25) is 0 Å². The first-order valence-electron chi connectivity index (χ1n) is 5.95. The van der Waals surface area contributed by atoms with Crippen LogP contribution < -0.4 is 0 Å². The predicted molar refractivity (Wildman–Crippen MR) is 64.1 cm³/mol. The molecule has 0 aromatic heterocycles. The van der Waals surface area contributed by atoms with Crippen LogP contribution >= 0.6 is 0 Å². The lowest BCUT2D eigenvalue weighted by Crippen LogP contribution is -2.44. The number of hydrazine groups is 1. The molecule has 0 spiro atoms. The van der Waals surface area contributed by atoms with Crippen molar-refractivity contribution < 1.29 is 19.8 Å². The maximum Gasteiger partial charge on any atom is 0.274 e. The summed E-state index contributed by atoms with van der Waals surface area (Å²) in [5.41, 5.74) is -0.0975. The summed E-state index contributed by atoms with van der Waals surface area (Å²) in [5, 5.41) is 14.3. The fourth-order valence-corrected chi connectivity index (χ4v) is 1.01. The van der Waals surface area contributed by atoms with Gasteiger partial charge in [-0.15, -0.1) is 5.01 Å². The number of unbranched alkanes of at least 4 members (excludes halogenated alkanes) is 2. The summed E-state index contributed by atoms with van der Waals surface area (Å²) in [6, 6.07) is 0. The normalized spacial score (nSPS) is 12.5. The van der Waals surface area contributed by atoms with Gasteiger partial charge < -0.3 is 9.94 Å². The number of hydrogen-bond donors (Lipinski definition) is 1. The molecule has 0 atom stereocenters. The molecule has 6 heteroatoms. The maximum atomic E-state index is 8.61. The van der Waals surface area contributed by atoms with Gasteiger partial charge in [0.25, 0.3) is 10.2 Å². The molecule has 0 saturated carbocycles. The van der Waals surface area contributed by atoms with Gasteiger partial charge in [-0.25, -0.2) is 4.84 Å². The van der Waals surface area contributed by atoms with Gasteiger partial charge in [-0.1, -0.05) is 0 Å². The molecule has 0 bridgehead atoms. The molecule has 0 unspecified atom stereocenters. The minimum Gasteiger partial charge on any atom is -0.396 e. The molecule has 17 heavy (non-hydrogen) atoms. The molecule has 0 amide bonds. The molecule has 0 aliphatic carbocycles. The van der Waals surface area contributed by atoms with Crippen molar-refractivity contribution in [1.82, 2.24) is 5.01 Å². The SMILES string of the molecule is CO/[N+](=N\OCCCCCO)N(C)C(C)(C)C. The third-order valence-corrected chi connectivity index (χ3v) is 2.41. The van der Waals surface area contributed by atoms with Gasteiger partial charge in [-0.05, 0) is 40.0 Å². The van der Waals surface area contributed by atoms with Crippen LogP contribution in [-0.2, 0) is 9.68 Å². The van der Waals surface area contributed by atoms with E-state index in [9.17, 15) is 0 Å². The first kappa shape index (κ1) is 16.0. The van der Waals surface area contributed by atoms with E-state index in [0.717, 1.165) is 19.3 Å². The van der Waals surface area contributed by atoms with Crippen molar-refractivity contribution in [2.24, 2.45) is 5.28 Å². The molecule has 0 radical (unpaired) electrons. The van der Waals surface area contributed by atoms with Gasteiger partial charge in [-0.3, -0.25) is 0 Å². The van der Waals surface area contributed by atoms with E-state index in [0.29, 0.717) is 6.61 Å². The van der Waals surface area contributed by atoms with Crippen molar-refractivity contribution >= 4 is 0 Å². The summed E-state index contributed by atoms with van der Waals surface area (Å²) < 4.78 is 0. The largest absolute Gasteiger partial charge is 0.396 e. The highest BCUT2D eigenvalue weighted by atomic mass is 16.8. The van der Waals surface area contributed by atoms with Gasteiger partial charge in [0.2, 0.25) is 0 Å². The fraction of sp³-hybridized carbons (Fsp3) is 1.00. The van der Waals surface area contributed by atoms with Gasteiger partial charge >= 0.3 is 0 Å². The predicted octanol–water partition coefficient (Wildman–Crippen LogP) is 1.75. The third-order valence-electron chi connectivity index (χ3n) is 2.41. The Kier molecular flexibility index (Phi) is 7.61. The summed E-state index contributed by atoms with van der Waals surface area (Å²) in [4.78, 5) is 11.6. The lowest BCUT2D eigenvalue weighted by Gasteiger charge is -2.23. The second kappa shape index (κ2) is 8.11. The Hall–Kier alpha value is -1.04. The average Bonchev–Trinajstić information content (AvgIpc) is 2.26. The van der Waals surface area contributed by atoms with E-state index in [-0.39, 0.29) is 12.1 Å². The Balaban J connectivity index is 4.01. The lowest BCUT2D eigenvalue weighted by atomic mass is 10.1. The molecule has 0 aromatic rings. The standard InChI is InChI=1S/C11H26N3O3/c1-11(2,3)13(4)14(16-5)12-17-10-8-6-7-9-15/h15H,6-10H2,1-5H3/q+1/b14-12-. The van der Waals surface area contributed by atoms with Crippen LogP contribution in [0.4, 0.5) is 0 Å². The smallest absolute Gasteiger partial charge is 0.274 e. The van der Waals surface area contributed by atoms with Crippen molar-refractivity contribution in [2.45, 2.75) is 45.6 Å². The van der Waals surface area contributed by atoms with Crippen molar-refractivity contribution in [1.29, 1.82) is 0 Å². The van der Waals surface area contributed by atoms with Crippen LogP contribution in [0.25, 0.3) is 0 Å². The zero-order chi connectivity index (χ0) is 13.3. The van der Waals surface area contributed by atoms with Gasteiger partial charge in [0.05, 0.1) is 12.6 Å².